The third-order valence-corrected chi connectivity index (χ3v) is 2.46. The fraction of sp³-hybridized carbons (Fsp3) is 0.889. The molecule has 6 nitrogen and oxygen atoms in total. The molecule has 0 aliphatic carbocycles. The predicted molar refractivity (Wildman–Crippen MR) is 46.7 cm³/mol. The molecule has 0 bridgehead atoms. The van der Waals surface area contributed by atoms with Crippen molar-refractivity contribution in [3.8, 4) is 0 Å². The Balaban J connectivity index is 2.16. The minimum Gasteiger partial charge on any atom is -0.467 e. The van der Waals surface area contributed by atoms with Gasteiger partial charge >= 0.3 is 5.97 Å². The van der Waals surface area contributed by atoms with Gasteiger partial charge in [0, 0.05) is 0 Å². The van der Waals surface area contributed by atoms with Crippen molar-refractivity contribution in [1.82, 2.24) is 0 Å². The van der Waals surface area contributed by atoms with Crippen LogP contribution in [0.15, 0.2) is 0 Å². The van der Waals surface area contributed by atoms with Crippen LogP contribution in [0.2, 0.25) is 0 Å². The van der Waals surface area contributed by atoms with Gasteiger partial charge in [0.2, 0.25) is 0 Å². The van der Waals surface area contributed by atoms with Crippen molar-refractivity contribution in [2.24, 2.45) is 0 Å². The highest BCUT2D eigenvalue weighted by atomic mass is 16.8. The highest BCUT2D eigenvalue weighted by Crippen LogP contribution is 2.38. The summed E-state index contributed by atoms with van der Waals surface area (Å²) >= 11 is 0. The summed E-state index contributed by atoms with van der Waals surface area (Å²) in [5, 5.41) is 9.51. The summed E-state index contributed by atoms with van der Waals surface area (Å²) in [5.74, 6) is -1.38. The van der Waals surface area contributed by atoms with Crippen molar-refractivity contribution in [2.45, 2.75) is 44.2 Å². The van der Waals surface area contributed by atoms with E-state index in [1.54, 1.807) is 13.8 Å². The van der Waals surface area contributed by atoms with Crippen LogP contribution in [0.25, 0.3) is 0 Å². The van der Waals surface area contributed by atoms with E-state index in [4.69, 9.17) is 14.2 Å². The largest absolute Gasteiger partial charge is 0.467 e. The van der Waals surface area contributed by atoms with Crippen molar-refractivity contribution in [3.63, 3.8) is 0 Å². The van der Waals surface area contributed by atoms with E-state index < -0.39 is 36.4 Å². The van der Waals surface area contributed by atoms with Gasteiger partial charge in [-0.3, -0.25) is 0 Å². The summed E-state index contributed by atoms with van der Waals surface area (Å²) in [6, 6.07) is 0. The molecule has 0 unspecified atom stereocenters. The van der Waals surface area contributed by atoms with E-state index in [-0.39, 0.29) is 0 Å². The van der Waals surface area contributed by atoms with Crippen molar-refractivity contribution in [1.29, 1.82) is 0 Å². The topological polar surface area (TPSA) is 74.2 Å². The van der Waals surface area contributed by atoms with Crippen molar-refractivity contribution < 1.29 is 28.8 Å². The maximum atomic E-state index is 11.3. The molecular weight excluding hydrogens is 204 g/mol. The van der Waals surface area contributed by atoms with Crippen LogP contribution in [0.3, 0.4) is 0 Å². The number of aliphatic hydroxyl groups excluding tert-OH is 1. The van der Waals surface area contributed by atoms with Crippen molar-refractivity contribution in [2.75, 3.05) is 7.11 Å². The lowest BCUT2D eigenvalue weighted by atomic mass is 10.1. The molecule has 2 aliphatic rings. The fourth-order valence-corrected chi connectivity index (χ4v) is 1.88. The quantitative estimate of drug-likeness (QED) is 0.592. The third kappa shape index (κ3) is 1.74. The Morgan fingerprint density at radius 1 is 1.33 bits per heavy atom. The van der Waals surface area contributed by atoms with Crippen LogP contribution in [-0.4, -0.2) is 48.6 Å². The monoisotopic (exact) mass is 218 g/mol. The molecule has 0 saturated carbocycles. The van der Waals surface area contributed by atoms with E-state index in [0.29, 0.717) is 0 Å². The highest BCUT2D eigenvalue weighted by Gasteiger charge is 2.57. The number of hydrogen-bond acceptors (Lipinski definition) is 6. The molecule has 2 aliphatic heterocycles. The maximum Gasteiger partial charge on any atom is 0.337 e. The molecule has 86 valence electrons. The normalized spacial score (nSPS) is 42.7. The first-order chi connectivity index (χ1) is 6.94. The average Bonchev–Trinajstić information content (AvgIpc) is 2.61. The number of carbonyl (C=O) groups excluding carboxylic acids is 1. The Morgan fingerprint density at radius 2 is 1.93 bits per heavy atom. The minimum absolute atomic E-state index is 0.567. The van der Waals surface area contributed by atoms with Gasteiger partial charge in [0.25, 0.3) is 0 Å². The second-order valence-corrected chi connectivity index (χ2v) is 4.04. The van der Waals surface area contributed by atoms with Gasteiger partial charge < -0.3 is 24.1 Å². The van der Waals surface area contributed by atoms with Crippen LogP contribution < -0.4 is 0 Å². The molecule has 0 aromatic carbocycles. The van der Waals surface area contributed by atoms with E-state index >= 15 is 0 Å². The Hall–Kier alpha value is -0.690. The average molecular weight is 218 g/mol. The van der Waals surface area contributed by atoms with Gasteiger partial charge in [0.15, 0.2) is 18.2 Å². The lowest BCUT2D eigenvalue weighted by molar-refractivity contribution is -0.223. The molecule has 0 spiro atoms. The number of esters is 1. The standard InChI is InChI=1S/C9H14O6/c1-9(2)14-4-5(7(10)12-3)13-8(11)6(4)15-9/h4-6,8,11H,1-3H3/t4-,5+,6-,8-/m1/s1. The Labute approximate surface area is 87.1 Å². The molecule has 2 rings (SSSR count). The summed E-state index contributed by atoms with van der Waals surface area (Å²) < 4.78 is 20.4. The molecule has 2 fully saturated rings. The smallest absolute Gasteiger partial charge is 0.337 e. The number of hydrogen-bond donors (Lipinski definition) is 1. The van der Waals surface area contributed by atoms with Crippen LogP contribution in [0.4, 0.5) is 0 Å². The van der Waals surface area contributed by atoms with Gasteiger partial charge in [0.05, 0.1) is 7.11 Å². The van der Waals surface area contributed by atoms with Crippen molar-refractivity contribution >= 4 is 5.97 Å². The van der Waals surface area contributed by atoms with Crippen LogP contribution >= 0.6 is 0 Å². The predicted octanol–water partition coefficient (Wildman–Crippen LogP) is -0.603. The van der Waals surface area contributed by atoms with Gasteiger partial charge in [-0.2, -0.15) is 0 Å². The van der Waals surface area contributed by atoms with Gasteiger partial charge in [-0.25, -0.2) is 4.79 Å². The lowest BCUT2D eigenvalue weighted by Crippen LogP contribution is -2.36. The number of fused-ring (bicyclic) bond motifs is 1. The number of methoxy groups -OCH3 is 1. The number of carbonyl (C=O) groups is 1. The zero-order chi connectivity index (χ0) is 11.2. The number of rotatable bonds is 1. The summed E-state index contributed by atoms with van der Waals surface area (Å²) in [6.45, 7) is 3.43. The van der Waals surface area contributed by atoms with E-state index in [0.717, 1.165) is 0 Å². The number of aliphatic hydroxyl groups is 1. The molecule has 0 aromatic rings. The van der Waals surface area contributed by atoms with Gasteiger partial charge in [0.1, 0.15) is 12.2 Å². The summed E-state index contributed by atoms with van der Waals surface area (Å²) in [7, 11) is 1.26. The first kappa shape index (κ1) is 10.8. The van der Waals surface area contributed by atoms with E-state index in [2.05, 4.69) is 4.74 Å². The molecule has 0 radical (unpaired) electrons. The second-order valence-electron chi connectivity index (χ2n) is 4.04. The van der Waals surface area contributed by atoms with E-state index in [9.17, 15) is 9.90 Å². The molecule has 2 heterocycles. The SMILES string of the molecule is COC(=O)[C@H]1O[C@@H](O)[C@@H]2OC(C)(C)O[C@@H]21. The van der Waals surface area contributed by atoms with Crippen LogP contribution in [-0.2, 0) is 23.7 Å². The van der Waals surface area contributed by atoms with Gasteiger partial charge in [-0.15, -0.1) is 0 Å². The molecule has 2 saturated heterocycles. The Kier molecular flexibility index (Phi) is 2.46. The summed E-state index contributed by atoms with van der Waals surface area (Å²) in [4.78, 5) is 11.3. The fourth-order valence-electron chi connectivity index (χ4n) is 1.88. The van der Waals surface area contributed by atoms with Crippen LogP contribution in [0.1, 0.15) is 13.8 Å². The molecule has 0 aromatic heterocycles. The third-order valence-electron chi connectivity index (χ3n) is 2.46. The zero-order valence-corrected chi connectivity index (χ0v) is 8.80. The highest BCUT2D eigenvalue weighted by molar-refractivity contribution is 5.76. The van der Waals surface area contributed by atoms with Gasteiger partial charge in [-0.05, 0) is 13.8 Å². The zero-order valence-electron chi connectivity index (χ0n) is 8.80. The maximum absolute atomic E-state index is 11.3. The lowest BCUT2D eigenvalue weighted by Gasteiger charge is -2.21. The van der Waals surface area contributed by atoms with Crippen molar-refractivity contribution in [3.05, 3.63) is 0 Å². The second kappa shape index (κ2) is 3.41. The van der Waals surface area contributed by atoms with Crippen LogP contribution in [0.5, 0.6) is 0 Å². The molecule has 6 heteroatoms. The molecule has 4 atom stereocenters. The Bertz CT molecular complexity index is 276. The number of ether oxygens (including phenoxy) is 4. The van der Waals surface area contributed by atoms with Gasteiger partial charge in [-0.1, -0.05) is 0 Å². The molecule has 1 N–H and O–H groups in total. The molecule has 15 heavy (non-hydrogen) atoms. The minimum atomic E-state index is -1.15. The first-order valence-electron chi connectivity index (χ1n) is 4.71. The van der Waals surface area contributed by atoms with Crippen LogP contribution in [0, 0.1) is 0 Å². The Morgan fingerprint density at radius 3 is 2.53 bits per heavy atom. The molecular formula is C9H14O6. The van der Waals surface area contributed by atoms with E-state index in [1.807, 2.05) is 0 Å². The molecule has 0 amide bonds. The van der Waals surface area contributed by atoms with E-state index in [1.165, 1.54) is 7.11 Å². The summed E-state index contributed by atoms with van der Waals surface area (Å²) in [5.41, 5.74) is 0. The first-order valence-corrected chi connectivity index (χ1v) is 4.71. The summed E-state index contributed by atoms with van der Waals surface area (Å²) in [6.07, 6.45) is -3.32.